The molecule has 0 aliphatic carbocycles. The van der Waals surface area contributed by atoms with Gasteiger partial charge in [-0.3, -0.25) is 0 Å². The van der Waals surface area contributed by atoms with E-state index in [1.807, 2.05) is 0 Å². The van der Waals surface area contributed by atoms with E-state index in [-0.39, 0.29) is 0 Å². The van der Waals surface area contributed by atoms with Gasteiger partial charge in [0.1, 0.15) is 0 Å². The molecule has 17 heavy (non-hydrogen) atoms. The van der Waals surface area contributed by atoms with Gasteiger partial charge in [0, 0.05) is 18.8 Å². The van der Waals surface area contributed by atoms with E-state index in [4.69, 9.17) is 0 Å². The van der Waals surface area contributed by atoms with Crippen LogP contribution in [0.1, 0.15) is 19.3 Å². The number of aromatic nitrogens is 2. The summed E-state index contributed by atoms with van der Waals surface area (Å²) in [4.78, 5) is 2.48. The van der Waals surface area contributed by atoms with E-state index in [9.17, 15) is 0 Å². The Kier molecular flexibility index (Phi) is 4.57. The molecule has 0 bridgehead atoms. The smallest absolute Gasteiger partial charge is 0.203 e. The van der Waals surface area contributed by atoms with E-state index in [2.05, 4.69) is 49.8 Å². The van der Waals surface area contributed by atoms with Crippen LogP contribution in [0.4, 0.5) is 5.69 Å². The molecule has 1 fully saturated rings. The molecule has 1 aliphatic heterocycles. The van der Waals surface area contributed by atoms with Gasteiger partial charge < -0.3 is 9.32 Å². The molecule has 0 spiro atoms. The molecular weight excluding hydrogens is 214 g/mol. The summed E-state index contributed by atoms with van der Waals surface area (Å²) in [6.45, 7) is 2.48. The lowest BCUT2D eigenvalue weighted by molar-refractivity contribution is 0.553. The molecule has 1 aromatic carbocycles. The van der Waals surface area contributed by atoms with E-state index in [0.29, 0.717) is 0 Å². The number of hydrogen-bond acceptors (Lipinski definition) is 4. The maximum Gasteiger partial charge on any atom is 0.203 e. The molecule has 4 heteroatoms. The molecule has 4 nitrogen and oxygen atoms in total. The predicted molar refractivity (Wildman–Crippen MR) is 66.8 cm³/mol. The molecule has 2 aromatic rings. The second-order valence-electron chi connectivity index (χ2n) is 3.96. The quantitative estimate of drug-likeness (QED) is 0.756. The average Bonchev–Trinajstić information content (AvgIpc) is 3.00. The van der Waals surface area contributed by atoms with Crippen molar-refractivity contribution < 1.29 is 4.42 Å². The van der Waals surface area contributed by atoms with Gasteiger partial charge in [0.05, 0.1) is 0 Å². The lowest BCUT2D eigenvalue weighted by Gasteiger charge is -2.28. The minimum atomic E-state index is 1.24. The maximum absolute atomic E-state index is 4.36. The lowest BCUT2D eigenvalue weighted by Crippen LogP contribution is -2.29. The van der Waals surface area contributed by atoms with Crippen LogP contribution in [0.15, 0.2) is 47.5 Å². The van der Waals surface area contributed by atoms with Gasteiger partial charge in [-0.15, -0.1) is 10.2 Å². The number of benzene rings is 1. The van der Waals surface area contributed by atoms with Crippen LogP contribution >= 0.6 is 0 Å². The third kappa shape index (κ3) is 3.90. The first-order valence-corrected chi connectivity index (χ1v) is 5.95. The topological polar surface area (TPSA) is 42.2 Å². The van der Waals surface area contributed by atoms with Crippen molar-refractivity contribution >= 4 is 5.69 Å². The molecule has 1 aromatic heterocycles. The van der Waals surface area contributed by atoms with Gasteiger partial charge in [0.15, 0.2) is 0 Å². The van der Waals surface area contributed by atoms with Gasteiger partial charge in [-0.25, -0.2) is 0 Å². The average molecular weight is 231 g/mol. The van der Waals surface area contributed by atoms with Crippen molar-refractivity contribution in [1.82, 2.24) is 10.2 Å². The summed E-state index contributed by atoms with van der Waals surface area (Å²) in [5.41, 5.74) is 1.39. The molecule has 0 amide bonds. The monoisotopic (exact) mass is 231 g/mol. The predicted octanol–water partition coefficient (Wildman–Crippen LogP) is 2.75. The fourth-order valence-corrected chi connectivity index (χ4v) is 1.93. The van der Waals surface area contributed by atoms with Crippen molar-refractivity contribution in [3.8, 4) is 0 Å². The summed E-state index contributed by atoms with van der Waals surface area (Å²) >= 11 is 0. The van der Waals surface area contributed by atoms with Crippen molar-refractivity contribution in [2.75, 3.05) is 18.0 Å². The molecule has 0 N–H and O–H groups in total. The molecule has 3 rings (SSSR count). The highest BCUT2D eigenvalue weighted by atomic mass is 16.3. The molecule has 0 saturated carbocycles. The van der Waals surface area contributed by atoms with Crippen LogP contribution in [-0.4, -0.2) is 23.3 Å². The first-order chi connectivity index (χ1) is 8.47. The van der Waals surface area contributed by atoms with Crippen molar-refractivity contribution in [2.45, 2.75) is 19.3 Å². The third-order valence-electron chi connectivity index (χ3n) is 2.76. The van der Waals surface area contributed by atoms with Crippen molar-refractivity contribution in [1.29, 1.82) is 0 Å². The van der Waals surface area contributed by atoms with E-state index in [0.717, 1.165) is 0 Å². The Morgan fingerprint density at radius 1 is 0.882 bits per heavy atom. The van der Waals surface area contributed by atoms with E-state index in [1.165, 1.54) is 50.8 Å². The zero-order chi connectivity index (χ0) is 11.8. The van der Waals surface area contributed by atoms with Gasteiger partial charge in [-0.2, -0.15) is 0 Å². The highest BCUT2D eigenvalue weighted by molar-refractivity contribution is 5.46. The largest absolute Gasteiger partial charge is 0.431 e. The third-order valence-corrected chi connectivity index (χ3v) is 2.76. The van der Waals surface area contributed by atoms with Crippen LogP contribution in [0.25, 0.3) is 0 Å². The number of anilines is 1. The zero-order valence-corrected chi connectivity index (χ0v) is 9.83. The van der Waals surface area contributed by atoms with Crippen LogP contribution in [-0.2, 0) is 0 Å². The number of hydrogen-bond donors (Lipinski definition) is 0. The van der Waals surface area contributed by atoms with Crippen molar-refractivity contribution in [2.24, 2.45) is 0 Å². The summed E-state index contributed by atoms with van der Waals surface area (Å²) in [5, 5.41) is 6.61. The van der Waals surface area contributed by atoms with Gasteiger partial charge in [-0.05, 0) is 31.4 Å². The fraction of sp³-hybridized carbons (Fsp3) is 0.385. The summed E-state index contributed by atoms with van der Waals surface area (Å²) in [7, 11) is 0. The van der Waals surface area contributed by atoms with Gasteiger partial charge in [-0.1, -0.05) is 18.2 Å². The highest BCUT2D eigenvalue weighted by Crippen LogP contribution is 2.18. The van der Waals surface area contributed by atoms with E-state index in [1.54, 1.807) is 0 Å². The van der Waals surface area contributed by atoms with Gasteiger partial charge >= 0.3 is 0 Å². The van der Waals surface area contributed by atoms with E-state index >= 15 is 0 Å². The number of para-hydroxylation sites is 1. The lowest BCUT2D eigenvalue weighted by atomic mass is 10.1. The van der Waals surface area contributed by atoms with Crippen LogP contribution in [0.3, 0.4) is 0 Å². The molecular formula is C13H17N3O. The highest BCUT2D eigenvalue weighted by Gasteiger charge is 2.09. The van der Waals surface area contributed by atoms with Crippen LogP contribution in [0.2, 0.25) is 0 Å². The Hall–Kier alpha value is -1.84. The standard InChI is InChI=1S/C11H15N.C2H2N2O/c1-3-7-11(8-4-1)12-9-5-2-6-10-12;1-3-4-2-5-1/h1,3-4,7-8H,2,5-6,9-10H2;1-2H. The Balaban J connectivity index is 0.000000181. The second-order valence-corrected chi connectivity index (χ2v) is 3.96. The van der Waals surface area contributed by atoms with Crippen LogP contribution in [0, 0.1) is 0 Å². The number of piperidine rings is 1. The minimum Gasteiger partial charge on any atom is -0.431 e. The first-order valence-electron chi connectivity index (χ1n) is 5.95. The van der Waals surface area contributed by atoms with E-state index < -0.39 is 0 Å². The Morgan fingerprint density at radius 2 is 1.53 bits per heavy atom. The van der Waals surface area contributed by atoms with Gasteiger partial charge in [0.25, 0.3) is 0 Å². The summed E-state index contributed by atoms with van der Waals surface area (Å²) in [6.07, 6.45) is 6.65. The fourth-order valence-electron chi connectivity index (χ4n) is 1.93. The summed E-state index contributed by atoms with van der Waals surface area (Å²) in [5.74, 6) is 0. The molecule has 2 heterocycles. The number of rotatable bonds is 1. The Labute approximate surface area is 101 Å². The molecule has 1 saturated heterocycles. The van der Waals surface area contributed by atoms with Crippen LogP contribution < -0.4 is 4.90 Å². The Morgan fingerprint density at radius 3 is 2.06 bits per heavy atom. The van der Waals surface area contributed by atoms with Gasteiger partial charge in [0.2, 0.25) is 12.8 Å². The molecule has 0 atom stereocenters. The SMILES string of the molecule is c1ccc(N2CCCCC2)cc1.c1nnco1. The normalized spacial score (nSPS) is 14.9. The Bertz CT molecular complexity index is 365. The molecule has 1 aliphatic rings. The van der Waals surface area contributed by atoms with Crippen LogP contribution in [0.5, 0.6) is 0 Å². The van der Waals surface area contributed by atoms with Crippen molar-refractivity contribution in [3.63, 3.8) is 0 Å². The molecule has 90 valence electrons. The zero-order valence-electron chi connectivity index (χ0n) is 9.83. The maximum atomic E-state index is 4.36. The number of nitrogens with zero attached hydrogens (tertiary/aromatic N) is 3. The molecule has 0 unspecified atom stereocenters. The first kappa shape index (κ1) is 11.6. The summed E-state index contributed by atoms with van der Waals surface area (Å²) < 4.78 is 4.36. The molecule has 0 radical (unpaired) electrons. The van der Waals surface area contributed by atoms with Crippen molar-refractivity contribution in [3.05, 3.63) is 43.1 Å². The minimum absolute atomic E-state index is 1.24. The second kappa shape index (κ2) is 6.68. The summed E-state index contributed by atoms with van der Waals surface area (Å²) in [6, 6.07) is 10.7.